The van der Waals surface area contributed by atoms with Crippen LogP contribution in [0.5, 0.6) is 0 Å². The van der Waals surface area contributed by atoms with Crippen molar-refractivity contribution in [3.05, 3.63) is 18.5 Å². The molecule has 90 valence electrons. The van der Waals surface area contributed by atoms with Crippen molar-refractivity contribution in [1.82, 2.24) is 9.71 Å². The molecule has 0 radical (unpaired) electrons. The van der Waals surface area contributed by atoms with Crippen LogP contribution < -0.4 is 10.0 Å². The van der Waals surface area contributed by atoms with Gasteiger partial charge in [0, 0.05) is 18.8 Å². The third-order valence-corrected chi connectivity index (χ3v) is 3.42. The summed E-state index contributed by atoms with van der Waals surface area (Å²) in [5.74, 6) is 0. The fourth-order valence-electron chi connectivity index (χ4n) is 1.24. The van der Waals surface area contributed by atoms with Crippen molar-refractivity contribution in [1.29, 1.82) is 0 Å². The molecule has 0 unspecified atom stereocenters. The maximum absolute atomic E-state index is 11.8. The SMILES string of the molecule is CCNc1cncc(S(=O)(=O)NC(C)C)c1. The second-order valence-corrected chi connectivity index (χ2v) is 5.43. The number of hydrogen-bond acceptors (Lipinski definition) is 4. The molecular formula is C10H17N3O2S. The van der Waals surface area contributed by atoms with Crippen molar-refractivity contribution < 1.29 is 8.42 Å². The summed E-state index contributed by atoms with van der Waals surface area (Å²) in [4.78, 5) is 4.08. The fraction of sp³-hybridized carbons (Fsp3) is 0.500. The Morgan fingerprint density at radius 1 is 1.38 bits per heavy atom. The second-order valence-electron chi connectivity index (χ2n) is 3.72. The molecule has 0 aliphatic carbocycles. The number of nitrogens with zero attached hydrogens (tertiary/aromatic N) is 1. The number of pyridine rings is 1. The third-order valence-electron chi connectivity index (χ3n) is 1.80. The van der Waals surface area contributed by atoms with Crippen LogP contribution in [0.4, 0.5) is 5.69 Å². The highest BCUT2D eigenvalue weighted by Crippen LogP contribution is 2.13. The molecule has 5 nitrogen and oxygen atoms in total. The average molecular weight is 243 g/mol. The molecule has 0 bridgehead atoms. The van der Waals surface area contributed by atoms with Crippen LogP contribution in [0.25, 0.3) is 0 Å². The number of hydrogen-bond donors (Lipinski definition) is 2. The molecule has 2 N–H and O–H groups in total. The summed E-state index contributed by atoms with van der Waals surface area (Å²) in [5, 5.41) is 3.02. The van der Waals surface area contributed by atoms with Crippen LogP contribution in [0, 0.1) is 0 Å². The van der Waals surface area contributed by atoms with Gasteiger partial charge in [-0.15, -0.1) is 0 Å². The standard InChI is InChI=1S/C10H17N3O2S/c1-4-12-9-5-10(7-11-6-9)16(14,15)13-8(2)3/h5-8,12-13H,4H2,1-3H3. The van der Waals surface area contributed by atoms with Gasteiger partial charge in [0.1, 0.15) is 4.90 Å². The zero-order chi connectivity index (χ0) is 12.2. The molecule has 0 saturated carbocycles. The lowest BCUT2D eigenvalue weighted by molar-refractivity contribution is 0.569. The number of aromatic nitrogens is 1. The summed E-state index contributed by atoms with van der Waals surface area (Å²) >= 11 is 0. The van der Waals surface area contributed by atoms with Gasteiger partial charge in [-0.05, 0) is 26.8 Å². The molecule has 1 rings (SSSR count). The predicted octanol–water partition coefficient (Wildman–Crippen LogP) is 1.20. The molecule has 0 fully saturated rings. The van der Waals surface area contributed by atoms with E-state index in [2.05, 4.69) is 15.0 Å². The molecule has 0 spiro atoms. The third kappa shape index (κ3) is 3.46. The molecule has 16 heavy (non-hydrogen) atoms. The quantitative estimate of drug-likeness (QED) is 0.815. The maximum Gasteiger partial charge on any atom is 0.242 e. The first-order chi connectivity index (χ1) is 7.45. The van der Waals surface area contributed by atoms with Gasteiger partial charge in [-0.3, -0.25) is 4.98 Å². The van der Waals surface area contributed by atoms with Gasteiger partial charge < -0.3 is 5.32 Å². The second kappa shape index (κ2) is 5.27. The first-order valence-electron chi connectivity index (χ1n) is 5.17. The zero-order valence-corrected chi connectivity index (χ0v) is 10.5. The Labute approximate surface area is 96.3 Å². The molecule has 0 saturated heterocycles. The van der Waals surface area contributed by atoms with E-state index in [4.69, 9.17) is 0 Å². The number of nitrogens with one attached hydrogen (secondary N) is 2. The van der Waals surface area contributed by atoms with Crippen LogP contribution in [-0.4, -0.2) is 26.0 Å². The van der Waals surface area contributed by atoms with Crippen molar-refractivity contribution in [3.8, 4) is 0 Å². The summed E-state index contributed by atoms with van der Waals surface area (Å²) < 4.78 is 26.1. The fourth-order valence-corrected chi connectivity index (χ4v) is 2.48. The van der Waals surface area contributed by atoms with E-state index in [9.17, 15) is 8.42 Å². The van der Waals surface area contributed by atoms with E-state index in [-0.39, 0.29) is 10.9 Å². The predicted molar refractivity (Wildman–Crippen MR) is 63.9 cm³/mol. The Hall–Kier alpha value is -1.14. The van der Waals surface area contributed by atoms with Crippen LogP contribution in [-0.2, 0) is 10.0 Å². The van der Waals surface area contributed by atoms with Crippen molar-refractivity contribution in [2.45, 2.75) is 31.7 Å². The van der Waals surface area contributed by atoms with Gasteiger partial charge in [-0.2, -0.15) is 0 Å². The lowest BCUT2D eigenvalue weighted by Gasteiger charge is -2.10. The zero-order valence-electron chi connectivity index (χ0n) is 9.69. The molecule has 0 atom stereocenters. The summed E-state index contributed by atoms with van der Waals surface area (Å²) in [7, 11) is -3.45. The smallest absolute Gasteiger partial charge is 0.242 e. The molecule has 1 aromatic rings. The van der Waals surface area contributed by atoms with E-state index in [1.165, 1.54) is 6.20 Å². The summed E-state index contributed by atoms with van der Waals surface area (Å²) in [6.07, 6.45) is 2.93. The summed E-state index contributed by atoms with van der Waals surface area (Å²) in [6.45, 7) is 6.22. The molecule has 1 heterocycles. The van der Waals surface area contributed by atoms with E-state index < -0.39 is 10.0 Å². The Balaban J connectivity index is 2.99. The highest BCUT2D eigenvalue weighted by molar-refractivity contribution is 7.89. The molecule has 0 aliphatic heterocycles. The van der Waals surface area contributed by atoms with Gasteiger partial charge >= 0.3 is 0 Å². The Bertz CT molecular complexity index is 443. The molecule has 0 amide bonds. The molecule has 1 aromatic heterocycles. The Kier molecular flexibility index (Phi) is 4.26. The number of anilines is 1. The van der Waals surface area contributed by atoms with Gasteiger partial charge in [-0.1, -0.05) is 0 Å². The van der Waals surface area contributed by atoms with E-state index in [1.54, 1.807) is 26.1 Å². The van der Waals surface area contributed by atoms with Crippen molar-refractivity contribution >= 4 is 15.7 Å². The minimum absolute atomic E-state index is 0.132. The van der Waals surface area contributed by atoms with E-state index in [0.717, 1.165) is 6.54 Å². The lowest BCUT2D eigenvalue weighted by atomic mass is 10.4. The highest BCUT2D eigenvalue weighted by atomic mass is 32.2. The Morgan fingerprint density at radius 2 is 2.06 bits per heavy atom. The van der Waals surface area contributed by atoms with Crippen molar-refractivity contribution in [2.24, 2.45) is 0 Å². The molecule has 6 heteroatoms. The minimum atomic E-state index is -3.45. The van der Waals surface area contributed by atoms with E-state index in [0.29, 0.717) is 5.69 Å². The maximum atomic E-state index is 11.8. The minimum Gasteiger partial charge on any atom is -0.384 e. The van der Waals surface area contributed by atoms with Gasteiger partial charge in [0.2, 0.25) is 10.0 Å². The van der Waals surface area contributed by atoms with Gasteiger partial charge in [0.05, 0.1) is 11.9 Å². The topological polar surface area (TPSA) is 71.1 Å². The molecular weight excluding hydrogens is 226 g/mol. The van der Waals surface area contributed by atoms with Gasteiger partial charge in [0.25, 0.3) is 0 Å². The van der Waals surface area contributed by atoms with Crippen molar-refractivity contribution in [2.75, 3.05) is 11.9 Å². The largest absolute Gasteiger partial charge is 0.384 e. The Morgan fingerprint density at radius 3 is 2.62 bits per heavy atom. The summed E-state index contributed by atoms with van der Waals surface area (Å²) in [5.41, 5.74) is 0.703. The van der Waals surface area contributed by atoms with Crippen LogP contribution in [0.2, 0.25) is 0 Å². The summed E-state index contributed by atoms with van der Waals surface area (Å²) in [6, 6.07) is 1.44. The van der Waals surface area contributed by atoms with Crippen LogP contribution in [0.1, 0.15) is 20.8 Å². The number of sulfonamides is 1. The average Bonchev–Trinajstić information content (AvgIpc) is 2.16. The van der Waals surface area contributed by atoms with Crippen molar-refractivity contribution in [3.63, 3.8) is 0 Å². The monoisotopic (exact) mass is 243 g/mol. The molecule has 0 aromatic carbocycles. The van der Waals surface area contributed by atoms with Gasteiger partial charge in [-0.25, -0.2) is 13.1 Å². The molecule has 0 aliphatic rings. The van der Waals surface area contributed by atoms with Crippen LogP contribution >= 0.6 is 0 Å². The first-order valence-corrected chi connectivity index (χ1v) is 6.65. The van der Waals surface area contributed by atoms with E-state index in [1.807, 2.05) is 6.92 Å². The lowest BCUT2D eigenvalue weighted by Crippen LogP contribution is -2.30. The highest BCUT2D eigenvalue weighted by Gasteiger charge is 2.15. The normalized spacial score (nSPS) is 11.8. The number of rotatable bonds is 5. The van der Waals surface area contributed by atoms with Crippen LogP contribution in [0.15, 0.2) is 23.4 Å². The van der Waals surface area contributed by atoms with E-state index >= 15 is 0 Å². The van der Waals surface area contributed by atoms with Gasteiger partial charge in [0.15, 0.2) is 0 Å². The first kappa shape index (κ1) is 12.9. The van der Waals surface area contributed by atoms with Crippen LogP contribution in [0.3, 0.4) is 0 Å².